The highest BCUT2D eigenvalue weighted by Crippen LogP contribution is 2.15. The van der Waals surface area contributed by atoms with Gasteiger partial charge in [-0.2, -0.15) is 0 Å². The zero-order chi connectivity index (χ0) is 11.5. The van der Waals surface area contributed by atoms with Gasteiger partial charge in [0.05, 0.1) is 6.54 Å². The molecule has 16 heavy (non-hydrogen) atoms. The number of halogens is 1. The second-order valence-corrected chi connectivity index (χ2v) is 4.06. The van der Waals surface area contributed by atoms with Crippen LogP contribution in [0.1, 0.15) is 18.2 Å². The first-order valence-electron chi connectivity index (χ1n) is 5.23. The standard InChI is InChI=1S/C12H13ClN2O/c1-2-10-7-12(16)15(14-10)8-9-5-3-4-6-11(9)13/h3-7,14H,2,8H2,1H3. The van der Waals surface area contributed by atoms with Gasteiger partial charge in [-0.3, -0.25) is 9.89 Å². The SMILES string of the molecule is CCc1cc(=O)n(Cc2ccccc2Cl)[nH]1. The molecular formula is C12H13ClN2O. The fourth-order valence-corrected chi connectivity index (χ4v) is 1.78. The van der Waals surface area contributed by atoms with E-state index < -0.39 is 0 Å². The molecule has 0 aliphatic rings. The molecule has 1 aromatic heterocycles. The predicted octanol–water partition coefficient (Wildman–Crippen LogP) is 2.44. The van der Waals surface area contributed by atoms with Crippen LogP contribution < -0.4 is 5.56 Å². The quantitative estimate of drug-likeness (QED) is 0.874. The fraction of sp³-hybridized carbons (Fsp3) is 0.250. The molecule has 1 heterocycles. The van der Waals surface area contributed by atoms with Gasteiger partial charge >= 0.3 is 0 Å². The van der Waals surface area contributed by atoms with Crippen molar-refractivity contribution in [3.05, 3.63) is 57.0 Å². The van der Waals surface area contributed by atoms with Crippen molar-refractivity contribution in [1.29, 1.82) is 0 Å². The average Bonchev–Trinajstić information content (AvgIpc) is 2.63. The van der Waals surface area contributed by atoms with Crippen molar-refractivity contribution in [2.24, 2.45) is 0 Å². The van der Waals surface area contributed by atoms with Gasteiger partial charge in [0, 0.05) is 16.8 Å². The van der Waals surface area contributed by atoms with E-state index in [9.17, 15) is 4.79 Å². The second-order valence-electron chi connectivity index (χ2n) is 3.65. The maximum Gasteiger partial charge on any atom is 0.267 e. The topological polar surface area (TPSA) is 37.8 Å². The predicted molar refractivity (Wildman–Crippen MR) is 65.0 cm³/mol. The summed E-state index contributed by atoms with van der Waals surface area (Å²) in [7, 11) is 0. The third kappa shape index (κ3) is 2.19. The number of benzene rings is 1. The van der Waals surface area contributed by atoms with Gasteiger partial charge in [0.2, 0.25) is 0 Å². The summed E-state index contributed by atoms with van der Waals surface area (Å²) in [6.07, 6.45) is 0.824. The van der Waals surface area contributed by atoms with Crippen molar-refractivity contribution in [2.75, 3.05) is 0 Å². The van der Waals surface area contributed by atoms with E-state index in [0.717, 1.165) is 17.7 Å². The summed E-state index contributed by atoms with van der Waals surface area (Å²) in [5.74, 6) is 0. The van der Waals surface area contributed by atoms with E-state index in [4.69, 9.17) is 11.6 Å². The van der Waals surface area contributed by atoms with Gasteiger partial charge < -0.3 is 0 Å². The fourth-order valence-electron chi connectivity index (χ4n) is 1.58. The number of nitrogens with one attached hydrogen (secondary N) is 1. The molecule has 4 heteroatoms. The Morgan fingerprint density at radius 3 is 2.75 bits per heavy atom. The summed E-state index contributed by atoms with van der Waals surface area (Å²) < 4.78 is 1.57. The number of aromatic amines is 1. The van der Waals surface area contributed by atoms with Gasteiger partial charge in [-0.05, 0) is 18.1 Å². The molecule has 0 unspecified atom stereocenters. The molecule has 2 rings (SSSR count). The van der Waals surface area contributed by atoms with Crippen LogP contribution in [-0.2, 0) is 13.0 Å². The summed E-state index contributed by atoms with van der Waals surface area (Å²) in [6.45, 7) is 2.49. The molecule has 1 N–H and O–H groups in total. The average molecular weight is 237 g/mol. The number of rotatable bonds is 3. The van der Waals surface area contributed by atoms with Crippen LogP contribution in [0.2, 0.25) is 5.02 Å². The highest BCUT2D eigenvalue weighted by molar-refractivity contribution is 6.31. The lowest BCUT2D eigenvalue weighted by molar-refractivity contribution is 0.653. The molecule has 3 nitrogen and oxygen atoms in total. The van der Waals surface area contributed by atoms with Crippen molar-refractivity contribution < 1.29 is 0 Å². The lowest BCUT2D eigenvalue weighted by atomic mass is 10.2. The molecule has 0 atom stereocenters. The Kier molecular flexibility index (Phi) is 3.15. The molecule has 0 amide bonds. The zero-order valence-electron chi connectivity index (χ0n) is 9.03. The molecular weight excluding hydrogens is 224 g/mol. The maximum absolute atomic E-state index is 11.6. The van der Waals surface area contributed by atoms with Gasteiger partial charge in [-0.1, -0.05) is 36.7 Å². The highest BCUT2D eigenvalue weighted by atomic mass is 35.5. The van der Waals surface area contributed by atoms with Crippen molar-refractivity contribution in [3.63, 3.8) is 0 Å². The maximum atomic E-state index is 11.6. The number of aryl methyl sites for hydroxylation is 1. The van der Waals surface area contributed by atoms with Crippen molar-refractivity contribution in [1.82, 2.24) is 9.78 Å². The van der Waals surface area contributed by atoms with Crippen molar-refractivity contribution >= 4 is 11.6 Å². The van der Waals surface area contributed by atoms with Gasteiger partial charge in [-0.25, -0.2) is 4.68 Å². The summed E-state index contributed by atoms with van der Waals surface area (Å²) in [5.41, 5.74) is 1.87. The summed E-state index contributed by atoms with van der Waals surface area (Å²) in [5, 5.41) is 3.73. The summed E-state index contributed by atoms with van der Waals surface area (Å²) in [4.78, 5) is 11.6. The zero-order valence-corrected chi connectivity index (χ0v) is 9.79. The number of nitrogens with zero attached hydrogens (tertiary/aromatic N) is 1. The van der Waals surface area contributed by atoms with Crippen LogP contribution in [0.5, 0.6) is 0 Å². The molecule has 0 aliphatic heterocycles. The van der Waals surface area contributed by atoms with E-state index in [1.807, 2.05) is 31.2 Å². The van der Waals surface area contributed by atoms with Crippen LogP contribution in [0.25, 0.3) is 0 Å². The van der Waals surface area contributed by atoms with Crippen molar-refractivity contribution in [2.45, 2.75) is 19.9 Å². The van der Waals surface area contributed by atoms with E-state index in [1.54, 1.807) is 10.7 Å². The second kappa shape index (κ2) is 4.58. The lowest BCUT2D eigenvalue weighted by Gasteiger charge is -2.04. The van der Waals surface area contributed by atoms with E-state index >= 15 is 0 Å². The first kappa shape index (κ1) is 11.0. The first-order chi connectivity index (χ1) is 7.70. The Morgan fingerprint density at radius 1 is 1.38 bits per heavy atom. The number of hydrogen-bond donors (Lipinski definition) is 1. The first-order valence-corrected chi connectivity index (χ1v) is 5.60. The molecule has 1 aromatic carbocycles. The molecule has 0 saturated heterocycles. The van der Waals surface area contributed by atoms with Crippen LogP contribution in [0.4, 0.5) is 0 Å². The normalized spacial score (nSPS) is 10.6. The molecule has 0 bridgehead atoms. The van der Waals surface area contributed by atoms with Gasteiger partial charge in [0.15, 0.2) is 0 Å². The molecule has 0 spiro atoms. The molecule has 0 aliphatic carbocycles. The van der Waals surface area contributed by atoms with Crippen molar-refractivity contribution in [3.8, 4) is 0 Å². The smallest absolute Gasteiger partial charge is 0.267 e. The minimum absolute atomic E-state index is 0.0169. The van der Waals surface area contributed by atoms with Crippen LogP contribution in [0.3, 0.4) is 0 Å². The molecule has 0 radical (unpaired) electrons. The van der Waals surface area contributed by atoms with Crippen LogP contribution in [-0.4, -0.2) is 9.78 Å². The van der Waals surface area contributed by atoms with Crippen LogP contribution >= 0.6 is 11.6 Å². The monoisotopic (exact) mass is 236 g/mol. The molecule has 84 valence electrons. The van der Waals surface area contributed by atoms with Gasteiger partial charge in [0.1, 0.15) is 0 Å². The van der Waals surface area contributed by atoms with Gasteiger partial charge in [-0.15, -0.1) is 0 Å². The Balaban J connectivity index is 2.30. The number of H-pyrrole nitrogens is 1. The molecule has 2 aromatic rings. The molecule has 0 saturated carbocycles. The van der Waals surface area contributed by atoms with Gasteiger partial charge in [0.25, 0.3) is 5.56 Å². The largest absolute Gasteiger partial charge is 0.299 e. The third-order valence-electron chi connectivity index (χ3n) is 2.51. The lowest BCUT2D eigenvalue weighted by Crippen LogP contribution is -2.16. The number of aromatic nitrogens is 2. The van der Waals surface area contributed by atoms with Crippen LogP contribution in [0.15, 0.2) is 35.1 Å². The Morgan fingerprint density at radius 2 is 2.12 bits per heavy atom. The molecule has 0 fully saturated rings. The summed E-state index contributed by atoms with van der Waals surface area (Å²) >= 11 is 6.04. The summed E-state index contributed by atoms with van der Waals surface area (Å²) in [6, 6.07) is 9.15. The Bertz CT molecular complexity index is 542. The van der Waals surface area contributed by atoms with E-state index in [1.165, 1.54) is 0 Å². The third-order valence-corrected chi connectivity index (χ3v) is 2.88. The Labute approximate surface area is 98.7 Å². The number of hydrogen-bond acceptors (Lipinski definition) is 1. The van der Waals surface area contributed by atoms with E-state index in [-0.39, 0.29) is 5.56 Å². The minimum atomic E-state index is -0.0169. The highest BCUT2D eigenvalue weighted by Gasteiger charge is 2.04. The minimum Gasteiger partial charge on any atom is -0.299 e. The Hall–Kier alpha value is -1.48. The van der Waals surface area contributed by atoms with Crippen LogP contribution in [0, 0.1) is 0 Å². The van der Waals surface area contributed by atoms with E-state index in [0.29, 0.717) is 11.6 Å². The van der Waals surface area contributed by atoms with E-state index in [2.05, 4.69) is 5.10 Å².